The Morgan fingerprint density at radius 2 is 2.13 bits per heavy atom. The first kappa shape index (κ1) is 16.0. The highest BCUT2D eigenvalue weighted by Crippen LogP contribution is 2.24. The van der Waals surface area contributed by atoms with Crippen molar-refractivity contribution in [1.82, 2.24) is 14.5 Å². The molecule has 1 unspecified atom stereocenters. The normalized spacial score (nSPS) is 22.2. The van der Waals surface area contributed by atoms with Crippen molar-refractivity contribution in [3.8, 4) is 5.75 Å². The molecule has 2 heterocycles. The number of aryl methyl sites for hydroxylation is 1. The van der Waals surface area contributed by atoms with Crippen molar-refractivity contribution in [1.29, 1.82) is 0 Å². The third kappa shape index (κ3) is 4.09. The van der Waals surface area contributed by atoms with E-state index in [2.05, 4.69) is 9.88 Å². The zero-order chi connectivity index (χ0) is 16.3. The molecule has 1 saturated heterocycles. The first-order chi connectivity index (χ1) is 11.0. The molecule has 1 fully saturated rings. The van der Waals surface area contributed by atoms with Gasteiger partial charge in [0, 0.05) is 26.0 Å². The van der Waals surface area contributed by atoms with Gasteiger partial charge in [-0.15, -0.1) is 0 Å². The van der Waals surface area contributed by atoms with E-state index in [4.69, 9.17) is 4.74 Å². The van der Waals surface area contributed by atoms with Gasteiger partial charge in [-0.1, -0.05) is 0 Å². The van der Waals surface area contributed by atoms with E-state index < -0.39 is 5.60 Å². The van der Waals surface area contributed by atoms with Crippen molar-refractivity contribution in [2.45, 2.75) is 25.0 Å². The van der Waals surface area contributed by atoms with Crippen LogP contribution in [-0.2, 0) is 13.6 Å². The third-order valence-corrected chi connectivity index (χ3v) is 4.24. The predicted octanol–water partition coefficient (Wildman–Crippen LogP) is 1.97. The largest absolute Gasteiger partial charge is 0.491 e. The summed E-state index contributed by atoms with van der Waals surface area (Å²) in [7, 11) is 1.97. The van der Waals surface area contributed by atoms with Gasteiger partial charge in [0.15, 0.2) is 0 Å². The Hall–Kier alpha value is -1.92. The molecule has 1 atom stereocenters. The van der Waals surface area contributed by atoms with E-state index in [-0.39, 0.29) is 12.4 Å². The smallest absolute Gasteiger partial charge is 0.123 e. The first-order valence-electron chi connectivity index (χ1n) is 7.83. The van der Waals surface area contributed by atoms with Gasteiger partial charge in [-0.3, -0.25) is 4.90 Å². The predicted molar refractivity (Wildman–Crippen MR) is 84.6 cm³/mol. The molecular weight excluding hydrogens is 297 g/mol. The number of nitrogens with zero attached hydrogens (tertiary/aromatic N) is 3. The molecule has 0 saturated carbocycles. The molecule has 1 aliphatic rings. The van der Waals surface area contributed by atoms with Crippen molar-refractivity contribution >= 4 is 0 Å². The Morgan fingerprint density at radius 3 is 2.83 bits per heavy atom. The number of halogens is 1. The van der Waals surface area contributed by atoms with Gasteiger partial charge in [0.25, 0.3) is 0 Å². The molecule has 1 aromatic heterocycles. The number of hydrogen-bond acceptors (Lipinski definition) is 4. The maximum atomic E-state index is 12.9. The van der Waals surface area contributed by atoms with Gasteiger partial charge < -0.3 is 14.4 Å². The molecule has 23 heavy (non-hydrogen) atoms. The monoisotopic (exact) mass is 319 g/mol. The number of rotatable bonds is 5. The number of aromatic nitrogens is 2. The average Bonchev–Trinajstić information content (AvgIpc) is 2.92. The molecule has 1 aliphatic heterocycles. The minimum atomic E-state index is -0.891. The van der Waals surface area contributed by atoms with E-state index >= 15 is 0 Å². The Kier molecular flexibility index (Phi) is 4.63. The van der Waals surface area contributed by atoms with Crippen LogP contribution in [0.4, 0.5) is 4.39 Å². The number of aliphatic hydroxyl groups is 1. The van der Waals surface area contributed by atoms with Crippen LogP contribution in [0.2, 0.25) is 0 Å². The van der Waals surface area contributed by atoms with Gasteiger partial charge >= 0.3 is 0 Å². The number of benzene rings is 1. The topological polar surface area (TPSA) is 50.5 Å². The number of ether oxygens (including phenoxy) is 1. The highest BCUT2D eigenvalue weighted by molar-refractivity contribution is 5.22. The molecule has 0 aliphatic carbocycles. The SMILES string of the molecule is Cn1ccnc1CN1CCCC(O)(COc2ccc(F)cc2)C1. The van der Waals surface area contributed by atoms with Gasteiger partial charge in [-0.05, 0) is 43.7 Å². The van der Waals surface area contributed by atoms with E-state index in [0.29, 0.717) is 25.3 Å². The maximum absolute atomic E-state index is 12.9. The molecule has 0 amide bonds. The van der Waals surface area contributed by atoms with Crippen LogP contribution in [0.25, 0.3) is 0 Å². The van der Waals surface area contributed by atoms with Crippen LogP contribution in [0, 0.1) is 5.82 Å². The van der Waals surface area contributed by atoms with Crippen molar-refractivity contribution in [3.05, 3.63) is 48.3 Å². The molecule has 0 spiro atoms. The highest BCUT2D eigenvalue weighted by atomic mass is 19.1. The lowest BCUT2D eigenvalue weighted by molar-refractivity contribution is -0.0627. The molecule has 0 radical (unpaired) electrons. The van der Waals surface area contributed by atoms with Gasteiger partial charge in [-0.2, -0.15) is 0 Å². The molecule has 2 aromatic rings. The zero-order valence-corrected chi connectivity index (χ0v) is 13.3. The summed E-state index contributed by atoms with van der Waals surface area (Å²) in [4.78, 5) is 6.53. The van der Waals surface area contributed by atoms with Gasteiger partial charge in [0.05, 0.1) is 6.54 Å². The Morgan fingerprint density at radius 1 is 1.35 bits per heavy atom. The number of likely N-dealkylation sites (tertiary alicyclic amines) is 1. The number of piperidine rings is 1. The zero-order valence-electron chi connectivity index (χ0n) is 13.3. The minimum Gasteiger partial charge on any atom is -0.491 e. The van der Waals surface area contributed by atoms with Gasteiger partial charge in [0.1, 0.15) is 29.6 Å². The van der Waals surface area contributed by atoms with Crippen LogP contribution in [-0.4, -0.2) is 44.9 Å². The summed E-state index contributed by atoms with van der Waals surface area (Å²) in [5.74, 6) is 1.25. The summed E-state index contributed by atoms with van der Waals surface area (Å²) >= 11 is 0. The van der Waals surface area contributed by atoms with Crippen LogP contribution < -0.4 is 4.74 Å². The third-order valence-electron chi connectivity index (χ3n) is 4.24. The molecule has 6 heteroatoms. The fourth-order valence-electron chi connectivity index (χ4n) is 2.96. The first-order valence-corrected chi connectivity index (χ1v) is 7.83. The lowest BCUT2D eigenvalue weighted by atomic mass is 9.93. The van der Waals surface area contributed by atoms with Crippen molar-refractivity contribution in [2.75, 3.05) is 19.7 Å². The van der Waals surface area contributed by atoms with E-state index in [9.17, 15) is 9.50 Å². The molecule has 5 nitrogen and oxygen atoms in total. The van der Waals surface area contributed by atoms with Crippen LogP contribution in [0.5, 0.6) is 5.75 Å². The second-order valence-corrected chi connectivity index (χ2v) is 6.24. The van der Waals surface area contributed by atoms with Crippen LogP contribution in [0.3, 0.4) is 0 Å². The molecule has 0 bridgehead atoms. The Labute approximate surface area is 135 Å². The maximum Gasteiger partial charge on any atom is 0.123 e. The van der Waals surface area contributed by atoms with Gasteiger partial charge in [0.2, 0.25) is 0 Å². The van der Waals surface area contributed by atoms with E-state index in [1.807, 2.05) is 17.8 Å². The fraction of sp³-hybridized carbons (Fsp3) is 0.471. The number of hydrogen-bond donors (Lipinski definition) is 1. The summed E-state index contributed by atoms with van der Waals surface area (Å²) in [6.07, 6.45) is 5.31. The van der Waals surface area contributed by atoms with Crippen LogP contribution in [0.15, 0.2) is 36.7 Å². The lowest BCUT2D eigenvalue weighted by Crippen LogP contribution is -2.51. The molecule has 1 aromatic carbocycles. The number of imidazole rings is 1. The molecule has 3 rings (SSSR count). The molecular formula is C17H22FN3O2. The molecule has 124 valence electrons. The second-order valence-electron chi connectivity index (χ2n) is 6.24. The molecule has 1 N–H and O–H groups in total. The van der Waals surface area contributed by atoms with Crippen LogP contribution in [0.1, 0.15) is 18.7 Å². The van der Waals surface area contributed by atoms with E-state index in [1.165, 1.54) is 12.1 Å². The fourth-order valence-corrected chi connectivity index (χ4v) is 2.96. The second kappa shape index (κ2) is 6.68. The quantitative estimate of drug-likeness (QED) is 0.915. The Bertz CT molecular complexity index is 644. The van der Waals surface area contributed by atoms with Crippen molar-refractivity contribution in [2.24, 2.45) is 7.05 Å². The summed E-state index contributed by atoms with van der Waals surface area (Å²) in [6.45, 7) is 2.39. The van der Waals surface area contributed by atoms with E-state index in [0.717, 1.165) is 18.8 Å². The van der Waals surface area contributed by atoms with Crippen LogP contribution >= 0.6 is 0 Å². The lowest BCUT2D eigenvalue weighted by Gasteiger charge is -2.38. The number of β-amino-alcohol motifs (C(OH)–C–C–N with tert-alkyl or cyclic N) is 1. The summed E-state index contributed by atoms with van der Waals surface area (Å²) in [5.41, 5.74) is -0.891. The van der Waals surface area contributed by atoms with Gasteiger partial charge in [-0.25, -0.2) is 9.37 Å². The Balaban J connectivity index is 1.57. The summed E-state index contributed by atoms with van der Waals surface area (Å²) < 4.78 is 20.5. The van der Waals surface area contributed by atoms with E-state index in [1.54, 1.807) is 18.3 Å². The highest BCUT2D eigenvalue weighted by Gasteiger charge is 2.34. The summed E-state index contributed by atoms with van der Waals surface area (Å²) in [5, 5.41) is 10.8. The van der Waals surface area contributed by atoms with Crippen molar-refractivity contribution in [3.63, 3.8) is 0 Å². The average molecular weight is 319 g/mol. The van der Waals surface area contributed by atoms with Crippen molar-refractivity contribution < 1.29 is 14.2 Å². The minimum absolute atomic E-state index is 0.204. The standard InChI is InChI=1S/C17H22FN3O2/c1-20-10-8-19-16(20)11-21-9-2-7-17(22,12-21)13-23-15-5-3-14(18)4-6-15/h3-6,8,10,22H,2,7,9,11-13H2,1H3. The summed E-state index contributed by atoms with van der Waals surface area (Å²) in [6, 6.07) is 5.86.